The van der Waals surface area contributed by atoms with E-state index in [0.29, 0.717) is 11.3 Å². The summed E-state index contributed by atoms with van der Waals surface area (Å²) in [6, 6.07) is 4.73. The van der Waals surface area contributed by atoms with Gasteiger partial charge in [0, 0.05) is 18.9 Å². The number of methoxy groups -OCH3 is 1. The highest BCUT2D eigenvalue weighted by Crippen LogP contribution is 2.46. The lowest BCUT2D eigenvalue weighted by Crippen LogP contribution is -2.31. The molecule has 0 radical (unpaired) electrons. The first-order valence-corrected chi connectivity index (χ1v) is 4.94. The van der Waals surface area contributed by atoms with E-state index < -0.39 is 5.54 Å². The minimum absolute atomic E-state index is 0.329. The first-order chi connectivity index (χ1) is 7.22. The molecule has 1 aromatic rings. The molecule has 0 atom stereocenters. The predicted octanol–water partition coefficient (Wildman–Crippen LogP) is 3.13. The Bertz CT molecular complexity index is 418. The number of benzene rings is 1. The molecule has 0 aliphatic heterocycles. The quantitative estimate of drug-likeness (QED) is 0.676. The Morgan fingerprint density at radius 1 is 1.47 bits per heavy atom. The molecule has 2 nitrogen and oxygen atoms in total. The average molecular weight is 205 g/mol. The fourth-order valence-electron chi connectivity index (χ4n) is 1.95. The van der Waals surface area contributed by atoms with Crippen molar-refractivity contribution in [2.45, 2.75) is 24.8 Å². The monoisotopic (exact) mass is 205 g/mol. The van der Waals surface area contributed by atoms with Gasteiger partial charge in [-0.3, -0.25) is 0 Å². The van der Waals surface area contributed by atoms with Gasteiger partial charge in [-0.15, -0.1) is 0 Å². The minimum atomic E-state index is -0.601. The van der Waals surface area contributed by atoms with Crippen molar-refractivity contribution in [2.24, 2.45) is 0 Å². The van der Waals surface area contributed by atoms with Crippen molar-refractivity contribution < 1.29 is 9.13 Å². The second kappa shape index (κ2) is 3.54. The fourth-order valence-corrected chi connectivity index (χ4v) is 1.95. The lowest BCUT2D eigenvalue weighted by atomic mass is 9.72. The molecule has 3 heteroatoms. The fraction of sp³-hybridized carbons (Fsp3) is 0.417. The standard InChI is InChI=1S/C12H12FNO/c1-14-12(6-3-7-12)10-5-4-9(15-2)8-11(10)13/h4-5,8H,3,6-7H2,2H3. The maximum atomic E-state index is 13.7. The second-order valence-electron chi connectivity index (χ2n) is 3.84. The van der Waals surface area contributed by atoms with Crippen LogP contribution >= 0.6 is 0 Å². The molecular weight excluding hydrogens is 193 g/mol. The van der Waals surface area contributed by atoms with E-state index in [1.165, 1.54) is 13.2 Å². The molecule has 0 spiro atoms. The van der Waals surface area contributed by atoms with E-state index in [9.17, 15) is 4.39 Å². The summed E-state index contributed by atoms with van der Waals surface area (Å²) in [5.41, 5.74) is -0.0827. The van der Waals surface area contributed by atoms with Gasteiger partial charge in [0.2, 0.25) is 0 Å². The summed E-state index contributed by atoms with van der Waals surface area (Å²) in [5, 5.41) is 0. The summed E-state index contributed by atoms with van der Waals surface area (Å²) in [6.07, 6.45) is 2.54. The molecule has 0 aromatic heterocycles. The van der Waals surface area contributed by atoms with Gasteiger partial charge in [-0.25, -0.2) is 11.0 Å². The van der Waals surface area contributed by atoms with Crippen molar-refractivity contribution in [2.75, 3.05) is 7.11 Å². The number of rotatable bonds is 2. The van der Waals surface area contributed by atoms with E-state index >= 15 is 0 Å². The molecule has 0 amide bonds. The lowest BCUT2D eigenvalue weighted by Gasteiger charge is -2.30. The molecule has 0 heterocycles. The zero-order valence-corrected chi connectivity index (χ0v) is 8.59. The normalized spacial score (nSPS) is 17.7. The molecule has 1 aliphatic rings. The third-order valence-electron chi connectivity index (χ3n) is 3.07. The third kappa shape index (κ3) is 1.46. The first kappa shape index (κ1) is 9.97. The van der Waals surface area contributed by atoms with Gasteiger partial charge in [0.1, 0.15) is 11.6 Å². The Kier molecular flexibility index (Phi) is 2.36. The number of hydrogen-bond acceptors (Lipinski definition) is 1. The molecule has 2 rings (SSSR count). The molecule has 15 heavy (non-hydrogen) atoms. The van der Waals surface area contributed by atoms with E-state index in [2.05, 4.69) is 4.85 Å². The topological polar surface area (TPSA) is 13.6 Å². The van der Waals surface area contributed by atoms with Crippen LogP contribution in [-0.2, 0) is 5.54 Å². The van der Waals surface area contributed by atoms with Gasteiger partial charge in [-0.1, -0.05) is 0 Å². The van der Waals surface area contributed by atoms with Crippen LogP contribution in [0.2, 0.25) is 0 Å². The van der Waals surface area contributed by atoms with Gasteiger partial charge in [-0.2, -0.15) is 0 Å². The summed E-state index contributed by atoms with van der Waals surface area (Å²) in [4.78, 5) is 3.58. The van der Waals surface area contributed by atoms with Crippen LogP contribution in [0.15, 0.2) is 18.2 Å². The maximum Gasteiger partial charge on any atom is 0.260 e. The van der Waals surface area contributed by atoms with Crippen LogP contribution < -0.4 is 4.74 Å². The molecule has 0 bridgehead atoms. The van der Waals surface area contributed by atoms with Gasteiger partial charge in [0.05, 0.1) is 12.7 Å². The first-order valence-electron chi connectivity index (χ1n) is 4.94. The molecule has 0 N–H and O–H groups in total. The van der Waals surface area contributed by atoms with Gasteiger partial charge in [0.25, 0.3) is 5.54 Å². The second-order valence-corrected chi connectivity index (χ2v) is 3.84. The van der Waals surface area contributed by atoms with E-state index in [1.807, 2.05) is 0 Å². The summed E-state index contributed by atoms with van der Waals surface area (Å²) in [7, 11) is 1.50. The minimum Gasteiger partial charge on any atom is -0.497 e. The summed E-state index contributed by atoms with van der Waals surface area (Å²) < 4.78 is 18.6. The van der Waals surface area contributed by atoms with Crippen molar-refractivity contribution in [3.05, 3.63) is 41.0 Å². The zero-order chi connectivity index (χ0) is 10.9. The summed E-state index contributed by atoms with van der Waals surface area (Å²) in [6.45, 7) is 7.17. The van der Waals surface area contributed by atoms with Crippen LogP contribution in [0.1, 0.15) is 24.8 Å². The van der Waals surface area contributed by atoms with E-state index in [1.54, 1.807) is 12.1 Å². The molecule has 1 saturated carbocycles. The number of ether oxygens (including phenoxy) is 1. The van der Waals surface area contributed by atoms with Crippen molar-refractivity contribution >= 4 is 0 Å². The smallest absolute Gasteiger partial charge is 0.260 e. The highest BCUT2D eigenvalue weighted by atomic mass is 19.1. The Labute approximate surface area is 88.5 Å². The Morgan fingerprint density at radius 3 is 2.60 bits per heavy atom. The van der Waals surface area contributed by atoms with E-state index in [0.717, 1.165) is 19.3 Å². The Morgan fingerprint density at radius 2 is 2.20 bits per heavy atom. The van der Waals surface area contributed by atoms with Crippen molar-refractivity contribution in [3.63, 3.8) is 0 Å². The largest absolute Gasteiger partial charge is 0.497 e. The molecule has 1 fully saturated rings. The van der Waals surface area contributed by atoms with Crippen molar-refractivity contribution in [1.29, 1.82) is 0 Å². The lowest BCUT2D eigenvalue weighted by molar-refractivity contribution is 0.299. The maximum absolute atomic E-state index is 13.7. The van der Waals surface area contributed by atoms with Crippen LogP contribution in [0.5, 0.6) is 5.75 Å². The van der Waals surface area contributed by atoms with Crippen molar-refractivity contribution in [3.8, 4) is 5.75 Å². The average Bonchev–Trinajstić information content (AvgIpc) is 2.19. The zero-order valence-electron chi connectivity index (χ0n) is 8.59. The van der Waals surface area contributed by atoms with Gasteiger partial charge < -0.3 is 9.58 Å². The van der Waals surface area contributed by atoms with Crippen molar-refractivity contribution in [1.82, 2.24) is 0 Å². The highest BCUT2D eigenvalue weighted by molar-refractivity contribution is 5.37. The predicted molar refractivity (Wildman–Crippen MR) is 55.1 cm³/mol. The third-order valence-corrected chi connectivity index (χ3v) is 3.07. The van der Waals surface area contributed by atoms with Gasteiger partial charge in [0.15, 0.2) is 0 Å². The Hall–Kier alpha value is -1.56. The number of nitrogens with zero attached hydrogens (tertiary/aromatic N) is 1. The molecule has 78 valence electrons. The molecular formula is C12H12FNO. The SMILES string of the molecule is [C-]#[N+]C1(c2ccc(OC)cc2F)CCC1. The molecule has 1 aromatic carbocycles. The highest BCUT2D eigenvalue weighted by Gasteiger charge is 2.47. The number of halogens is 1. The van der Waals surface area contributed by atoms with Gasteiger partial charge in [-0.05, 0) is 18.6 Å². The molecule has 0 saturated heterocycles. The van der Waals surface area contributed by atoms with Crippen LogP contribution in [-0.4, -0.2) is 7.11 Å². The van der Waals surface area contributed by atoms with Crippen LogP contribution in [0.25, 0.3) is 4.85 Å². The molecule has 1 aliphatic carbocycles. The van der Waals surface area contributed by atoms with Crippen LogP contribution in [0.3, 0.4) is 0 Å². The van der Waals surface area contributed by atoms with Gasteiger partial charge >= 0.3 is 0 Å². The van der Waals surface area contributed by atoms with Crippen LogP contribution in [0.4, 0.5) is 4.39 Å². The van der Waals surface area contributed by atoms with E-state index in [4.69, 9.17) is 11.3 Å². The van der Waals surface area contributed by atoms with E-state index in [-0.39, 0.29) is 5.82 Å². The Balaban J connectivity index is 2.41. The molecule has 0 unspecified atom stereocenters. The summed E-state index contributed by atoms with van der Waals surface area (Å²) in [5.74, 6) is 0.167. The summed E-state index contributed by atoms with van der Waals surface area (Å²) >= 11 is 0. The van der Waals surface area contributed by atoms with Crippen LogP contribution in [0, 0.1) is 12.4 Å². The number of hydrogen-bond donors (Lipinski definition) is 0.